The highest BCUT2D eigenvalue weighted by Crippen LogP contribution is 2.28. The molecule has 0 spiro atoms. The summed E-state index contributed by atoms with van der Waals surface area (Å²) in [5, 5.41) is 15.8. The Balaban J connectivity index is 2.48. The summed E-state index contributed by atoms with van der Waals surface area (Å²) in [6.07, 6.45) is 0. The first-order chi connectivity index (χ1) is 8.93. The summed E-state index contributed by atoms with van der Waals surface area (Å²) in [6, 6.07) is 4.02. The average Bonchev–Trinajstić information content (AvgIpc) is 2.60. The van der Waals surface area contributed by atoms with Crippen molar-refractivity contribution >= 4 is 27.4 Å². The van der Waals surface area contributed by atoms with Gasteiger partial charge in [-0.1, -0.05) is 0 Å². The van der Waals surface area contributed by atoms with Crippen molar-refractivity contribution in [2.75, 3.05) is 5.32 Å². The Labute approximate surface area is 116 Å². The van der Waals surface area contributed by atoms with Gasteiger partial charge >= 0.3 is 0 Å². The van der Waals surface area contributed by atoms with E-state index in [1.54, 1.807) is 14.0 Å². The standard InChI is InChI=1S/C12H9BrF2N4/c1-6-7(5-16)12(19(2)18-6)17-11-4-9(14)8(13)3-10(11)15/h3-4,17H,1-2H3. The summed E-state index contributed by atoms with van der Waals surface area (Å²) in [4.78, 5) is 0. The molecule has 4 nitrogen and oxygen atoms in total. The molecule has 0 bridgehead atoms. The monoisotopic (exact) mass is 326 g/mol. The molecule has 2 rings (SSSR count). The number of nitrogens with one attached hydrogen (secondary N) is 1. The maximum Gasteiger partial charge on any atom is 0.148 e. The molecule has 0 radical (unpaired) electrons. The van der Waals surface area contributed by atoms with Crippen molar-refractivity contribution in [1.82, 2.24) is 9.78 Å². The first kappa shape index (κ1) is 13.5. The minimum absolute atomic E-state index is 0.0391. The molecule has 0 aliphatic heterocycles. The first-order valence-electron chi connectivity index (χ1n) is 5.29. The second-order valence-corrected chi connectivity index (χ2v) is 4.77. The summed E-state index contributed by atoms with van der Waals surface area (Å²) >= 11 is 2.90. The molecule has 0 aliphatic rings. The molecule has 1 heterocycles. The van der Waals surface area contributed by atoms with Crippen LogP contribution in [0, 0.1) is 29.9 Å². The summed E-state index contributed by atoms with van der Waals surface area (Å²) in [5.41, 5.74) is 0.760. The number of aryl methyl sites for hydroxylation is 2. The van der Waals surface area contributed by atoms with Crippen LogP contribution in [0.25, 0.3) is 0 Å². The number of benzene rings is 1. The van der Waals surface area contributed by atoms with Crippen LogP contribution >= 0.6 is 15.9 Å². The van der Waals surface area contributed by atoms with E-state index in [1.165, 1.54) is 4.68 Å². The molecule has 0 saturated heterocycles. The third-order valence-corrected chi connectivity index (χ3v) is 3.20. The normalized spacial score (nSPS) is 10.3. The second kappa shape index (κ2) is 4.97. The Morgan fingerprint density at radius 3 is 2.68 bits per heavy atom. The lowest BCUT2D eigenvalue weighted by Gasteiger charge is -2.09. The molecule has 19 heavy (non-hydrogen) atoms. The third kappa shape index (κ3) is 2.44. The lowest BCUT2D eigenvalue weighted by molar-refractivity contribution is 0.597. The van der Waals surface area contributed by atoms with E-state index in [9.17, 15) is 8.78 Å². The van der Waals surface area contributed by atoms with E-state index in [-0.39, 0.29) is 10.2 Å². The Hall–Kier alpha value is -1.94. The highest BCUT2D eigenvalue weighted by Gasteiger charge is 2.15. The number of anilines is 2. The van der Waals surface area contributed by atoms with Gasteiger partial charge in [0.1, 0.15) is 29.1 Å². The van der Waals surface area contributed by atoms with E-state index >= 15 is 0 Å². The Bertz CT molecular complexity index is 688. The van der Waals surface area contributed by atoms with Gasteiger partial charge < -0.3 is 5.32 Å². The Morgan fingerprint density at radius 1 is 1.37 bits per heavy atom. The number of rotatable bonds is 2. The molecule has 1 aromatic heterocycles. The van der Waals surface area contributed by atoms with Crippen LogP contribution in [-0.4, -0.2) is 9.78 Å². The maximum atomic E-state index is 13.7. The summed E-state index contributed by atoms with van der Waals surface area (Å²) in [5.74, 6) is -0.905. The number of halogens is 3. The molecule has 1 N–H and O–H groups in total. The predicted molar refractivity (Wildman–Crippen MR) is 70.0 cm³/mol. The van der Waals surface area contributed by atoms with Crippen molar-refractivity contribution < 1.29 is 8.78 Å². The van der Waals surface area contributed by atoms with E-state index in [4.69, 9.17) is 5.26 Å². The van der Waals surface area contributed by atoms with E-state index in [0.717, 1.165) is 12.1 Å². The highest BCUT2D eigenvalue weighted by atomic mass is 79.9. The van der Waals surface area contributed by atoms with Crippen molar-refractivity contribution in [2.24, 2.45) is 7.05 Å². The number of aromatic nitrogens is 2. The topological polar surface area (TPSA) is 53.6 Å². The molecule has 0 saturated carbocycles. The summed E-state index contributed by atoms with van der Waals surface area (Å²) in [7, 11) is 1.61. The zero-order valence-corrected chi connectivity index (χ0v) is 11.7. The van der Waals surface area contributed by atoms with Crippen LogP contribution in [0.1, 0.15) is 11.3 Å². The largest absolute Gasteiger partial charge is 0.337 e. The molecule has 98 valence electrons. The second-order valence-electron chi connectivity index (χ2n) is 3.92. The zero-order valence-electron chi connectivity index (χ0n) is 10.1. The van der Waals surface area contributed by atoms with Gasteiger partial charge in [0.25, 0.3) is 0 Å². The van der Waals surface area contributed by atoms with Crippen LogP contribution in [0.15, 0.2) is 16.6 Å². The van der Waals surface area contributed by atoms with Gasteiger partial charge in [-0.05, 0) is 28.9 Å². The van der Waals surface area contributed by atoms with Gasteiger partial charge in [0, 0.05) is 13.1 Å². The van der Waals surface area contributed by atoms with Gasteiger partial charge in [0.05, 0.1) is 15.9 Å². The Kier molecular flexibility index (Phi) is 3.53. The fourth-order valence-corrected chi connectivity index (χ4v) is 2.00. The van der Waals surface area contributed by atoms with Crippen LogP contribution < -0.4 is 5.32 Å². The van der Waals surface area contributed by atoms with Crippen molar-refractivity contribution in [2.45, 2.75) is 6.92 Å². The van der Waals surface area contributed by atoms with Gasteiger partial charge in [0.15, 0.2) is 0 Å². The smallest absolute Gasteiger partial charge is 0.148 e. The number of nitriles is 1. The molecular weight excluding hydrogens is 318 g/mol. The van der Waals surface area contributed by atoms with Crippen LogP contribution in [-0.2, 0) is 7.05 Å². The molecule has 2 aromatic rings. The molecule has 0 fully saturated rings. The molecule has 0 amide bonds. The van der Waals surface area contributed by atoms with Crippen molar-refractivity contribution in [3.05, 3.63) is 39.5 Å². The molecule has 7 heteroatoms. The van der Waals surface area contributed by atoms with E-state index in [0.29, 0.717) is 17.1 Å². The van der Waals surface area contributed by atoms with Gasteiger partial charge in [-0.3, -0.25) is 4.68 Å². The van der Waals surface area contributed by atoms with Crippen LogP contribution in [0.3, 0.4) is 0 Å². The number of nitrogens with zero attached hydrogens (tertiary/aromatic N) is 3. The highest BCUT2D eigenvalue weighted by molar-refractivity contribution is 9.10. The third-order valence-electron chi connectivity index (χ3n) is 2.60. The quantitative estimate of drug-likeness (QED) is 0.861. The minimum atomic E-state index is -0.629. The molecular formula is C12H9BrF2N4. The predicted octanol–water partition coefficient (Wildman–Crippen LogP) is 3.38. The van der Waals surface area contributed by atoms with Crippen LogP contribution in [0.5, 0.6) is 0 Å². The van der Waals surface area contributed by atoms with Gasteiger partial charge in [-0.2, -0.15) is 10.4 Å². The fraction of sp³-hybridized carbons (Fsp3) is 0.167. The Morgan fingerprint density at radius 2 is 2.05 bits per heavy atom. The van der Waals surface area contributed by atoms with E-state index in [2.05, 4.69) is 26.3 Å². The van der Waals surface area contributed by atoms with Gasteiger partial charge in [-0.15, -0.1) is 0 Å². The number of hydrogen-bond donors (Lipinski definition) is 1. The van der Waals surface area contributed by atoms with E-state index in [1.807, 2.05) is 6.07 Å². The molecule has 0 aliphatic carbocycles. The average molecular weight is 327 g/mol. The molecule has 1 aromatic carbocycles. The van der Waals surface area contributed by atoms with Crippen LogP contribution in [0.4, 0.5) is 20.3 Å². The van der Waals surface area contributed by atoms with E-state index < -0.39 is 11.6 Å². The van der Waals surface area contributed by atoms with Crippen molar-refractivity contribution in [3.63, 3.8) is 0 Å². The fourth-order valence-electron chi connectivity index (χ4n) is 1.68. The lowest BCUT2D eigenvalue weighted by atomic mass is 10.2. The van der Waals surface area contributed by atoms with Crippen LogP contribution in [0.2, 0.25) is 0 Å². The van der Waals surface area contributed by atoms with Gasteiger partial charge in [0.2, 0.25) is 0 Å². The SMILES string of the molecule is Cc1nn(C)c(Nc2cc(F)c(Br)cc2F)c1C#N. The maximum absolute atomic E-state index is 13.7. The molecule has 0 unspecified atom stereocenters. The minimum Gasteiger partial charge on any atom is -0.337 e. The van der Waals surface area contributed by atoms with Gasteiger partial charge in [-0.25, -0.2) is 8.78 Å². The summed E-state index contributed by atoms with van der Waals surface area (Å²) < 4.78 is 28.6. The lowest BCUT2D eigenvalue weighted by Crippen LogP contribution is -2.02. The summed E-state index contributed by atoms with van der Waals surface area (Å²) in [6.45, 7) is 1.67. The van der Waals surface area contributed by atoms with Crippen molar-refractivity contribution in [3.8, 4) is 6.07 Å². The zero-order chi connectivity index (χ0) is 14.2. The van der Waals surface area contributed by atoms with Crippen molar-refractivity contribution in [1.29, 1.82) is 5.26 Å². The molecule has 0 atom stereocenters. The number of hydrogen-bond acceptors (Lipinski definition) is 3. The first-order valence-corrected chi connectivity index (χ1v) is 6.08.